The average molecular weight is 595 g/mol. The van der Waals surface area contributed by atoms with E-state index >= 15 is 0 Å². The summed E-state index contributed by atoms with van der Waals surface area (Å²) in [5.74, 6) is -3.15. The van der Waals surface area contributed by atoms with Gasteiger partial charge >= 0.3 is 0 Å². The summed E-state index contributed by atoms with van der Waals surface area (Å²) < 4.78 is 28.6. The fourth-order valence-corrected chi connectivity index (χ4v) is 4.87. The SMILES string of the molecule is C[C@@H]1O[C@@H](O[C@@H]2[C@H](Oc3c(-c4ccc(O)c(O)c4)oc4cc(O)cc(O)c4c3=O)O[C@@H](C)[C@@H](O)[C@@H]2O)[C@@H](O)[C@@H](O)[C@@H]1O. The second-order valence-corrected chi connectivity index (χ2v) is 10.2. The zero-order valence-corrected chi connectivity index (χ0v) is 22.1. The van der Waals surface area contributed by atoms with Crippen LogP contribution in [0, 0.1) is 0 Å². The van der Waals surface area contributed by atoms with Gasteiger partial charge in [0.05, 0.1) is 12.2 Å². The van der Waals surface area contributed by atoms with E-state index < -0.39 is 101 Å². The minimum absolute atomic E-state index is 0.000938. The molecule has 3 heterocycles. The van der Waals surface area contributed by atoms with Crippen LogP contribution in [0.3, 0.4) is 0 Å². The highest BCUT2D eigenvalue weighted by Crippen LogP contribution is 2.40. The molecule has 42 heavy (non-hydrogen) atoms. The Morgan fingerprint density at radius 3 is 2.02 bits per heavy atom. The molecule has 0 amide bonds. The first kappa shape index (κ1) is 29.8. The Kier molecular flexibility index (Phi) is 7.95. The highest BCUT2D eigenvalue weighted by Gasteiger charge is 2.50. The smallest absolute Gasteiger partial charge is 0.239 e. The van der Waals surface area contributed by atoms with Crippen molar-refractivity contribution in [3.8, 4) is 40.1 Å². The van der Waals surface area contributed by atoms with E-state index in [1.54, 1.807) is 0 Å². The van der Waals surface area contributed by atoms with Crippen LogP contribution in [0.4, 0.5) is 0 Å². The van der Waals surface area contributed by atoms with Gasteiger partial charge < -0.3 is 69.3 Å². The second-order valence-electron chi connectivity index (χ2n) is 10.2. The van der Waals surface area contributed by atoms with Gasteiger partial charge in [-0.1, -0.05) is 0 Å². The summed E-state index contributed by atoms with van der Waals surface area (Å²) in [5, 5.41) is 91.9. The van der Waals surface area contributed by atoms with Crippen molar-refractivity contribution in [2.24, 2.45) is 0 Å². The third-order valence-corrected chi connectivity index (χ3v) is 7.27. The van der Waals surface area contributed by atoms with Crippen molar-refractivity contribution >= 4 is 11.0 Å². The topological polar surface area (TPSA) is 249 Å². The maximum Gasteiger partial charge on any atom is 0.239 e. The van der Waals surface area contributed by atoms with Crippen molar-refractivity contribution in [3.05, 3.63) is 40.6 Å². The van der Waals surface area contributed by atoms with Gasteiger partial charge in [0.2, 0.25) is 17.5 Å². The summed E-state index contributed by atoms with van der Waals surface area (Å²) >= 11 is 0. The molecule has 2 aromatic carbocycles. The molecule has 2 aliphatic rings. The molecule has 0 spiro atoms. The van der Waals surface area contributed by atoms with Gasteiger partial charge in [0, 0.05) is 17.7 Å². The molecule has 0 radical (unpaired) electrons. The number of ether oxygens (including phenoxy) is 4. The largest absolute Gasteiger partial charge is 0.508 e. The molecule has 3 aromatic rings. The lowest BCUT2D eigenvalue weighted by atomic mass is 9.98. The third-order valence-electron chi connectivity index (χ3n) is 7.27. The first-order valence-electron chi connectivity index (χ1n) is 12.9. The Labute approximate surface area is 236 Å². The van der Waals surface area contributed by atoms with Gasteiger partial charge in [0.25, 0.3) is 0 Å². The van der Waals surface area contributed by atoms with Gasteiger partial charge in [-0.2, -0.15) is 0 Å². The Morgan fingerprint density at radius 2 is 1.36 bits per heavy atom. The van der Waals surface area contributed by atoms with Gasteiger partial charge in [0.1, 0.15) is 53.0 Å². The van der Waals surface area contributed by atoms with Crippen LogP contribution in [-0.4, -0.2) is 107 Å². The quantitative estimate of drug-likeness (QED) is 0.166. The van der Waals surface area contributed by atoms with Gasteiger partial charge in [-0.05, 0) is 32.0 Å². The van der Waals surface area contributed by atoms with Crippen molar-refractivity contribution in [2.45, 2.75) is 75.3 Å². The number of aliphatic hydroxyl groups is 5. The summed E-state index contributed by atoms with van der Waals surface area (Å²) in [6, 6.07) is 5.37. The minimum atomic E-state index is -1.80. The number of phenolic OH excluding ortho intramolecular Hbond substituents is 4. The molecular weight excluding hydrogens is 564 g/mol. The van der Waals surface area contributed by atoms with E-state index in [9.17, 15) is 50.8 Å². The van der Waals surface area contributed by atoms with E-state index in [1.165, 1.54) is 19.9 Å². The maximum atomic E-state index is 13.7. The predicted octanol–water partition coefficient (Wildman–Crippen LogP) is -0.660. The number of fused-ring (bicyclic) bond motifs is 1. The lowest BCUT2D eigenvalue weighted by molar-refractivity contribution is -0.352. The van der Waals surface area contributed by atoms with Gasteiger partial charge in [-0.15, -0.1) is 0 Å². The number of hydrogen-bond donors (Lipinski definition) is 9. The molecule has 0 saturated carbocycles. The molecule has 9 N–H and O–H groups in total. The number of aliphatic hydroxyl groups excluding tert-OH is 5. The van der Waals surface area contributed by atoms with Crippen molar-refractivity contribution < 1.29 is 69.3 Å². The highest BCUT2D eigenvalue weighted by atomic mass is 16.8. The Bertz CT molecular complexity index is 1520. The molecule has 15 nitrogen and oxygen atoms in total. The van der Waals surface area contributed by atoms with Crippen molar-refractivity contribution in [1.82, 2.24) is 0 Å². The number of aromatic hydroxyl groups is 4. The van der Waals surface area contributed by atoms with Crippen LogP contribution in [0.1, 0.15) is 13.8 Å². The summed E-state index contributed by atoms with van der Waals surface area (Å²) in [6.45, 7) is 2.80. The zero-order chi connectivity index (χ0) is 30.6. The fraction of sp³-hybridized carbons (Fsp3) is 0.444. The molecule has 15 heteroatoms. The summed E-state index contributed by atoms with van der Waals surface area (Å²) in [5.41, 5.74) is -1.25. The summed E-state index contributed by atoms with van der Waals surface area (Å²) in [7, 11) is 0. The van der Waals surface area contributed by atoms with Crippen LogP contribution < -0.4 is 10.2 Å². The van der Waals surface area contributed by atoms with Crippen molar-refractivity contribution in [2.75, 3.05) is 0 Å². The number of benzene rings is 2. The van der Waals surface area contributed by atoms with Crippen LogP contribution >= 0.6 is 0 Å². The van der Waals surface area contributed by atoms with E-state index in [-0.39, 0.29) is 16.9 Å². The van der Waals surface area contributed by atoms with Crippen LogP contribution in [0.15, 0.2) is 39.5 Å². The highest BCUT2D eigenvalue weighted by molar-refractivity contribution is 5.88. The Hall–Kier alpha value is -3.67. The van der Waals surface area contributed by atoms with Crippen LogP contribution in [0.2, 0.25) is 0 Å². The number of phenols is 4. The molecule has 5 rings (SSSR count). The lowest BCUT2D eigenvalue weighted by Gasteiger charge is -2.45. The average Bonchev–Trinajstić information content (AvgIpc) is 2.93. The van der Waals surface area contributed by atoms with E-state index in [2.05, 4.69) is 0 Å². The number of hydrogen-bond acceptors (Lipinski definition) is 15. The predicted molar refractivity (Wildman–Crippen MR) is 139 cm³/mol. The molecule has 10 atom stereocenters. The lowest BCUT2D eigenvalue weighted by Crippen LogP contribution is -2.63. The Balaban J connectivity index is 1.61. The minimum Gasteiger partial charge on any atom is -0.508 e. The summed E-state index contributed by atoms with van der Waals surface area (Å²) in [4.78, 5) is 13.7. The fourth-order valence-electron chi connectivity index (χ4n) is 4.87. The molecular formula is C27H30O15. The molecule has 0 bridgehead atoms. The second kappa shape index (κ2) is 11.2. The van der Waals surface area contributed by atoms with Crippen LogP contribution in [-0.2, 0) is 14.2 Å². The van der Waals surface area contributed by atoms with Gasteiger partial charge in [0.15, 0.2) is 29.7 Å². The molecule has 228 valence electrons. The first-order valence-corrected chi connectivity index (χ1v) is 12.9. The molecule has 0 unspecified atom stereocenters. The van der Waals surface area contributed by atoms with E-state index in [0.717, 1.165) is 24.3 Å². The maximum absolute atomic E-state index is 13.7. The van der Waals surface area contributed by atoms with Crippen molar-refractivity contribution in [1.29, 1.82) is 0 Å². The first-order chi connectivity index (χ1) is 19.8. The standard InChI is InChI=1S/C27H30O15/c1-8-17(32)20(35)22(37)26(38-8)42-25-21(36)18(33)9(2)39-27(25)41-24-19(34)16-14(31)6-11(28)7-15(16)40-23(24)10-3-4-12(29)13(30)5-10/h3-9,17-18,20-22,25-33,35-37H,1-2H3/t8-,9-,17+,18+,20-,21-,22-,25-,26-,27-/m0/s1. The molecule has 2 fully saturated rings. The third kappa shape index (κ3) is 5.21. The normalized spacial score (nSPS) is 33.5. The summed E-state index contributed by atoms with van der Waals surface area (Å²) in [6.07, 6.45) is -15.4. The van der Waals surface area contributed by atoms with Gasteiger partial charge in [-0.3, -0.25) is 4.79 Å². The molecule has 2 saturated heterocycles. The van der Waals surface area contributed by atoms with E-state index in [4.69, 9.17) is 23.4 Å². The molecule has 0 aliphatic carbocycles. The van der Waals surface area contributed by atoms with Crippen LogP contribution in [0.25, 0.3) is 22.3 Å². The van der Waals surface area contributed by atoms with Crippen LogP contribution in [0.5, 0.6) is 28.7 Å². The monoisotopic (exact) mass is 594 g/mol. The zero-order valence-electron chi connectivity index (χ0n) is 22.1. The molecule has 2 aliphatic heterocycles. The van der Waals surface area contributed by atoms with Crippen molar-refractivity contribution in [3.63, 3.8) is 0 Å². The van der Waals surface area contributed by atoms with E-state index in [0.29, 0.717) is 0 Å². The molecule has 1 aromatic heterocycles. The Morgan fingerprint density at radius 1 is 0.714 bits per heavy atom. The van der Waals surface area contributed by atoms with Gasteiger partial charge in [-0.25, -0.2) is 0 Å². The van der Waals surface area contributed by atoms with E-state index in [1.807, 2.05) is 0 Å². The number of rotatable bonds is 5.